The standard InChI is InChI=1S/C14H16N2S/c1-9-5-7-10(8-6-9)14-16-12-4-2-3-11(15)13(12)17-14/h5-8,11H,2-4,15H2,1H3/t11-/m0/s1. The lowest BCUT2D eigenvalue weighted by Crippen LogP contribution is -2.15. The molecule has 1 atom stereocenters. The van der Waals surface area contributed by atoms with Crippen molar-refractivity contribution in [1.29, 1.82) is 0 Å². The number of thiazole rings is 1. The monoisotopic (exact) mass is 244 g/mol. The number of aromatic nitrogens is 1. The highest BCUT2D eigenvalue weighted by Crippen LogP contribution is 2.36. The number of nitrogens with two attached hydrogens (primary N) is 1. The first-order valence-electron chi connectivity index (χ1n) is 6.06. The highest BCUT2D eigenvalue weighted by atomic mass is 32.1. The Balaban J connectivity index is 2.02. The Morgan fingerprint density at radius 1 is 1.29 bits per heavy atom. The maximum Gasteiger partial charge on any atom is 0.123 e. The molecule has 0 saturated heterocycles. The maximum atomic E-state index is 6.13. The van der Waals surface area contributed by atoms with Gasteiger partial charge in [-0.3, -0.25) is 0 Å². The topological polar surface area (TPSA) is 38.9 Å². The SMILES string of the molecule is Cc1ccc(-c2nc3c(s2)[C@@H](N)CCC3)cc1. The molecule has 1 heterocycles. The van der Waals surface area contributed by atoms with Gasteiger partial charge in [0.15, 0.2) is 0 Å². The van der Waals surface area contributed by atoms with Gasteiger partial charge in [0.25, 0.3) is 0 Å². The number of hydrogen-bond acceptors (Lipinski definition) is 3. The predicted molar refractivity (Wildman–Crippen MR) is 72.2 cm³/mol. The Bertz CT molecular complexity index is 528. The van der Waals surface area contributed by atoms with E-state index in [-0.39, 0.29) is 6.04 Å². The van der Waals surface area contributed by atoms with Crippen molar-refractivity contribution in [2.75, 3.05) is 0 Å². The van der Waals surface area contributed by atoms with Gasteiger partial charge in [0.2, 0.25) is 0 Å². The van der Waals surface area contributed by atoms with E-state index in [0.29, 0.717) is 0 Å². The van der Waals surface area contributed by atoms with E-state index in [9.17, 15) is 0 Å². The second-order valence-electron chi connectivity index (χ2n) is 4.69. The average Bonchev–Trinajstić information content (AvgIpc) is 2.75. The van der Waals surface area contributed by atoms with Crippen molar-refractivity contribution < 1.29 is 0 Å². The Morgan fingerprint density at radius 3 is 2.76 bits per heavy atom. The zero-order valence-electron chi connectivity index (χ0n) is 9.94. The normalized spacial score (nSPS) is 19.1. The van der Waals surface area contributed by atoms with E-state index >= 15 is 0 Å². The highest BCUT2D eigenvalue weighted by molar-refractivity contribution is 7.15. The quantitative estimate of drug-likeness (QED) is 0.834. The second kappa shape index (κ2) is 4.24. The molecule has 17 heavy (non-hydrogen) atoms. The molecule has 2 aromatic rings. The van der Waals surface area contributed by atoms with Crippen molar-refractivity contribution in [3.63, 3.8) is 0 Å². The van der Waals surface area contributed by atoms with Gasteiger partial charge in [0.1, 0.15) is 5.01 Å². The van der Waals surface area contributed by atoms with Crippen LogP contribution in [0.2, 0.25) is 0 Å². The molecule has 3 heteroatoms. The van der Waals surface area contributed by atoms with E-state index < -0.39 is 0 Å². The number of benzene rings is 1. The molecular formula is C14H16N2S. The first kappa shape index (κ1) is 10.9. The van der Waals surface area contributed by atoms with Crippen molar-refractivity contribution in [1.82, 2.24) is 4.98 Å². The van der Waals surface area contributed by atoms with Crippen LogP contribution in [0, 0.1) is 6.92 Å². The van der Waals surface area contributed by atoms with E-state index in [1.54, 1.807) is 11.3 Å². The van der Waals surface area contributed by atoms with Crippen LogP contribution in [0.1, 0.15) is 35.0 Å². The largest absolute Gasteiger partial charge is 0.323 e. The van der Waals surface area contributed by atoms with Crippen LogP contribution in [0.25, 0.3) is 10.6 Å². The molecule has 1 aliphatic rings. The minimum Gasteiger partial charge on any atom is -0.323 e. The first-order chi connectivity index (χ1) is 8.24. The average molecular weight is 244 g/mol. The molecule has 1 aromatic heterocycles. The Labute approximate surface area is 106 Å². The third kappa shape index (κ3) is 2.01. The summed E-state index contributed by atoms with van der Waals surface area (Å²) in [5.41, 5.74) is 9.85. The molecule has 1 aliphatic carbocycles. The molecule has 1 aromatic carbocycles. The molecule has 0 radical (unpaired) electrons. The van der Waals surface area contributed by atoms with Gasteiger partial charge in [-0.1, -0.05) is 29.8 Å². The van der Waals surface area contributed by atoms with Crippen LogP contribution in [0.3, 0.4) is 0 Å². The maximum absolute atomic E-state index is 6.13. The summed E-state index contributed by atoms with van der Waals surface area (Å²) in [6.45, 7) is 2.10. The van der Waals surface area contributed by atoms with Gasteiger partial charge in [0, 0.05) is 16.5 Å². The highest BCUT2D eigenvalue weighted by Gasteiger charge is 2.21. The summed E-state index contributed by atoms with van der Waals surface area (Å²) in [7, 11) is 0. The fraction of sp³-hybridized carbons (Fsp3) is 0.357. The summed E-state index contributed by atoms with van der Waals surface area (Å²) in [6.07, 6.45) is 3.36. The molecule has 0 bridgehead atoms. The van der Waals surface area contributed by atoms with Gasteiger partial charge in [0.05, 0.1) is 5.69 Å². The van der Waals surface area contributed by atoms with Crippen LogP contribution in [0.4, 0.5) is 0 Å². The van der Waals surface area contributed by atoms with Crippen LogP contribution in [-0.2, 0) is 6.42 Å². The van der Waals surface area contributed by atoms with Gasteiger partial charge in [-0.2, -0.15) is 0 Å². The van der Waals surface area contributed by atoms with Crippen LogP contribution < -0.4 is 5.73 Å². The third-order valence-electron chi connectivity index (χ3n) is 3.29. The predicted octanol–water partition coefficient (Wildman–Crippen LogP) is 3.45. The molecule has 3 rings (SSSR count). The molecule has 0 unspecified atom stereocenters. The van der Waals surface area contributed by atoms with E-state index in [4.69, 9.17) is 10.7 Å². The summed E-state index contributed by atoms with van der Waals surface area (Å²) >= 11 is 1.77. The zero-order valence-corrected chi connectivity index (χ0v) is 10.8. The summed E-state index contributed by atoms with van der Waals surface area (Å²) in [5.74, 6) is 0. The zero-order chi connectivity index (χ0) is 11.8. The number of nitrogens with zero attached hydrogens (tertiary/aromatic N) is 1. The van der Waals surface area contributed by atoms with Gasteiger partial charge >= 0.3 is 0 Å². The third-order valence-corrected chi connectivity index (χ3v) is 4.57. The van der Waals surface area contributed by atoms with E-state index in [0.717, 1.165) is 17.8 Å². The smallest absolute Gasteiger partial charge is 0.123 e. The lowest BCUT2D eigenvalue weighted by molar-refractivity contribution is 0.573. The second-order valence-corrected chi connectivity index (χ2v) is 5.73. The fourth-order valence-electron chi connectivity index (χ4n) is 2.27. The molecule has 0 fully saturated rings. The fourth-order valence-corrected chi connectivity index (χ4v) is 3.43. The summed E-state index contributed by atoms with van der Waals surface area (Å²) < 4.78 is 0. The van der Waals surface area contributed by atoms with Gasteiger partial charge in [-0.05, 0) is 26.2 Å². The molecule has 2 nitrogen and oxygen atoms in total. The van der Waals surface area contributed by atoms with Crippen LogP contribution in [0.15, 0.2) is 24.3 Å². The summed E-state index contributed by atoms with van der Waals surface area (Å²) in [5, 5.41) is 1.12. The van der Waals surface area contributed by atoms with Crippen LogP contribution in [0.5, 0.6) is 0 Å². The van der Waals surface area contributed by atoms with E-state index in [2.05, 4.69) is 31.2 Å². The Hall–Kier alpha value is -1.19. The van der Waals surface area contributed by atoms with Crippen LogP contribution >= 0.6 is 11.3 Å². The minimum absolute atomic E-state index is 0.204. The van der Waals surface area contributed by atoms with Gasteiger partial charge in [-0.15, -0.1) is 11.3 Å². The molecule has 0 spiro atoms. The Kier molecular flexibility index (Phi) is 2.73. The van der Waals surface area contributed by atoms with Crippen molar-refractivity contribution in [3.8, 4) is 10.6 Å². The lowest BCUT2D eigenvalue weighted by atomic mass is 9.99. The molecule has 88 valence electrons. The number of fused-ring (bicyclic) bond motifs is 1. The van der Waals surface area contributed by atoms with Crippen molar-refractivity contribution in [3.05, 3.63) is 40.4 Å². The van der Waals surface area contributed by atoms with Gasteiger partial charge in [-0.25, -0.2) is 4.98 Å². The summed E-state index contributed by atoms with van der Waals surface area (Å²) in [4.78, 5) is 6.04. The molecule has 0 saturated carbocycles. The number of aryl methyl sites for hydroxylation is 2. The van der Waals surface area contributed by atoms with Crippen molar-refractivity contribution >= 4 is 11.3 Å². The van der Waals surface area contributed by atoms with Crippen molar-refractivity contribution in [2.24, 2.45) is 5.73 Å². The lowest BCUT2D eigenvalue weighted by Gasteiger charge is -2.15. The van der Waals surface area contributed by atoms with Crippen molar-refractivity contribution in [2.45, 2.75) is 32.2 Å². The van der Waals surface area contributed by atoms with E-state index in [1.807, 2.05) is 0 Å². The van der Waals surface area contributed by atoms with Crippen LogP contribution in [-0.4, -0.2) is 4.98 Å². The van der Waals surface area contributed by atoms with Gasteiger partial charge < -0.3 is 5.73 Å². The summed E-state index contributed by atoms with van der Waals surface area (Å²) in [6, 6.07) is 8.76. The first-order valence-corrected chi connectivity index (χ1v) is 6.88. The number of rotatable bonds is 1. The molecule has 0 amide bonds. The number of hydrogen-bond donors (Lipinski definition) is 1. The molecule has 0 aliphatic heterocycles. The minimum atomic E-state index is 0.204. The van der Waals surface area contributed by atoms with E-state index in [1.165, 1.54) is 28.1 Å². The molecule has 2 N–H and O–H groups in total. The Morgan fingerprint density at radius 2 is 2.06 bits per heavy atom. The molecular weight excluding hydrogens is 228 g/mol.